The summed E-state index contributed by atoms with van der Waals surface area (Å²) in [4.78, 5) is 29.2. The van der Waals surface area contributed by atoms with Gasteiger partial charge in [0.15, 0.2) is 5.82 Å². The van der Waals surface area contributed by atoms with Gasteiger partial charge in [0.05, 0.1) is 0 Å². The monoisotopic (exact) mass is 449 g/mol. The van der Waals surface area contributed by atoms with E-state index in [2.05, 4.69) is 51.4 Å². The topological polar surface area (TPSA) is 71.0 Å². The van der Waals surface area contributed by atoms with Crippen LogP contribution in [0.15, 0.2) is 79.1 Å². The molecule has 34 heavy (non-hydrogen) atoms. The number of nitrogens with zero attached hydrogens (tertiary/aromatic N) is 4. The molecular formula is C28H27N5O. The number of aromatic nitrogens is 3. The van der Waals surface area contributed by atoms with E-state index in [1.54, 1.807) is 12.4 Å². The lowest BCUT2D eigenvalue weighted by Crippen LogP contribution is -2.34. The number of hydrogen-bond acceptors (Lipinski definition) is 5. The van der Waals surface area contributed by atoms with E-state index >= 15 is 0 Å². The van der Waals surface area contributed by atoms with Gasteiger partial charge >= 0.3 is 0 Å². The molecule has 3 heterocycles. The fourth-order valence-electron chi connectivity index (χ4n) is 4.24. The smallest absolute Gasteiger partial charge is 0.256 e. The third-order valence-electron chi connectivity index (χ3n) is 6.15. The Morgan fingerprint density at radius 1 is 0.971 bits per heavy atom. The second-order valence-electron chi connectivity index (χ2n) is 8.56. The number of pyridine rings is 1. The number of anilines is 1. The molecule has 1 amide bonds. The van der Waals surface area contributed by atoms with Crippen LogP contribution in [0.2, 0.25) is 0 Å². The minimum Gasteiger partial charge on any atom is -0.351 e. The molecule has 0 fully saturated rings. The summed E-state index contributed by atoms with van der Waals surface area (Å²) in [6.07, 6.45) is 5.01. The highest BCUT2D eigenvalue weighted by molar-refractivity contribution is 5.99. The molecule has 0 saturated heterocycles. The van der Waals surface area contributed by atoms with Crippen molar-refractivity contribution in [3.8, 4) is 11.4 Å². The standard InChI is InChI=1S/C28H27N5O/c1-20-9-11-22(12-10-20)26-31-18-25(28(34)30-16-13-24-8-4-5-15-29-24)27(32-26)33-17-14-21-6-2-3-7-23(21)19-33/h2-12,15,18H,13-14,16-17,19H2,1H3,(H,30,34). The second kappa shape index (κ2) is 9.83. The van der Waals surface area contributed by atoms with E-state index in [1.807, 2.05) is 42.5 Å². The number of carbonyl (C=O) groups excluding carboxylic acids is 1. The van der Waals surface area contributed by atoms with Gasteiger partial charge in [0, 0.05) is 49.7 Å². The summed E-state index contributed by atoms with van der Waals surface area (Å²) in [5.41, 5.74) is 6.18. The molecule has 6 heteroatoms. The predicted octanol–water partition coefficient (Wildman–Crippen LogP) is 4.38. The number of carbonyl (C=O) groups is 1. The highest BCUT2D eigenvalue weighted by atomic mass is 16.1. The van der Waals surface area contributed by atoms with E-state index in [0.29, 0.717) is 30.2 Å². The van der Waals surface area contributed by atoms with Crippen molar-refractivity contribution in [1.29, 1.82) is 0 Å². The summed E-state index contributed by atoms with van der Waals surface area (Å²) in [5, 5.41) is 3.03. The molecule has 6 nitrogen and oxygen atoms in total. The number of hydrogen-bond donors (Lipinski definition) is 1. The molecule has 4 aromatic rings. The summed E-state index contributed by atoms with van der Waals surface area (Å²) in [5.74, 6) is 1.13. The van der Waals surface area contributed by atoms with E-state index in [9.17, 15) is 4.79 Å². The van der Waals surface area contributed by atoms with Gasteiger partial charge < -0.3 is 10.2 Å². The van der Waals surface area contributed by atoms with Crippen molar-refractivity contribution in [2.45, 2.75) is 26.3 Å². The number of aryl methyl sites for hydroxylation is 1. The van der Waals surface area contributed by atoms with Crippen LogP contribution in [0.5, 0.6) is 0 Å². The summed E-state index contributed by atoms with van der Waals surface area (Å²) < 4.78 is 0. The average Bonchev–Trinajstić information content (AvgIpc) is 2.89. The third kappa shape index (κ3) is 4.81. The normalized spacial score (nSPS) is 12.8. The number of rotatable bonds is 6. The first-order chi connectivity index (χ1) is 16.7. The summed E-state index contributed by atoms with van der Waals surface area (Å²) in [6.45, 7) is 4.07. The fourth-order valence-corrected chi connectivity index (χ4v) is 4.24. The Balaban J connectivity index is 1.43. The van der Waals surface area contributed by atoms with Gasteiger partial charge in [0.1, 0.15) is 11.4 Å². The second-order valence-corrected chi connectivity index (χ2v) is 8.56. The molecule has 0 bridgehead atoms. The van der Waals surface area contributed by atoms with Crippen LogP contribution in [0.3, 0.4) is 0 Å². The van der Waals surface area contributed by atoms with Crippen LogP contribution in [0.4, 0.5) is 5.82 Å². The molecule has 0 saturated carbocycles. The molecular weight excluding hydrogens is 422 g/mol. The highest BCUT2D eigenvalue weighted by Gasteiger charge is 2.24. The molecule has 1 aliphatic heterocycles. The van der Waals surface area contributed by atoms with Crippen molar-refractivity contribution in [2.24, 2.45) is 0 Å². The van der Waals surface area contributed by atoms with Gasteiger partial charge in [-0.25, -0.2) is 9.97 Å². The molecule has 0 unspecified atom stereocenters. The molecule has 0 spiro atoms. The molecule has 1 N–H and O–H groups in total. The van der Waals surface area contributed by atoms with Gasteiger partial charge in [0.2, 0.25) is 0 Å². The lowest BCUT2D eigenvalue weighted by molar-refractivity contribution is 0.0954. The fraction of sp³-hybridized carbons (Fsp3) is 0.214. The Morgan fingerprint density at radius 2 is 1.76 bits per heavy atom. The summed E-state index contributed by atoms with van der Waals surface area (Å²) in [6, 6.07) is 22.4. The van der Waals surface area contributed by atoms with Gasteiger partial charge in [0.25, 0.3) is 5.91 Å². The number of fused-ring (bicyclic) bond motifs is 1. The first-order valence-electron chi connectivity index (χ1n) is 11.6. The van der Waals surface area contributed by atoms with Gasteiger partial charge in [-0.1, -0.05) is 60.2 Å². The van der Waals surface area contributed by atoms with Crippen LogP contribution in [0.25, 0.3) is 11.4 Å². The molecule has 2 aromatic heterocycles. The molecule has 170 valence electrons. The van der Waals surface area contributed by atoms with Gasteiger partial charge in [-0.2, -0.15) is 0 Å². The first-order valence-corrected chi connectivity index (χ1v) is 11.6. The Labute approximate surface area is 199 Å². The Bertz CT molecular complexity index is 1290. The van der Waals surface area contributed by atoms with Crippen molar-refractivity contribution in [3.63, 3.8) is 0 Å². The maximum Gasteiger partial charge on any atom is 0.256 e. The van der Waals surface area contributed by atoms with E-state index < -0.39 is 0 Å². The van der Waals surface area contributed by atoms with E-state index in [4.69, 9.17) is 4.98 Å². The predicted molar refractivity (Wildman–Crippen MR) is 134 cm³/mol. The molecule has 0 radical (unpaired) electrons. The van der Waals surface area contributed by atoms with Crippen LogP contribution in [0.1, 0.15) is 32.7 Å². The van der Waals surface area contributed by atoms with Crippen LogP contribution >= 0.6 is 0 Å². The number of nitrogens with one attached hydrogen (secondary N) is 1. The maximum atomic E-state index is 13.2. The van der Waals surface area contributed by atoms with Gasteiger partial charge in [-0.05, 0) is 36.6 Å². The van der Waals surface area contributed by atoms with E-state index in [1.165, 1.54) is 16.7 Å². The Morgan fingerprint density at radius 3 is 2.56 bits per heavy atom. The van der Waals surface area contributed by atoms with Crippen molar-refractivity contribution in [2.75, 3.05) is 18.0 Å². The Kier molecular flexibility index (Phi) is 6.29. The van der Waals surface area contributed by atoms with Gasteiger partial charge in [-0.15, -0.1) is 0 Å². The van der Waals surface area contributed by atoms with Crippen molar-refractivity contribution >= 4 is 11.7 Å². The van der Waals surface area contributed by atoms with Crippen molar-refractivity contribution < 1.29 is 4.79 Å². The van der Waals surface area contributed by atoms with Crippen molar-refractivity contribution in [3.05, 3.63) is 107 Å². The zero-order valence-corrected chi connectivity index (χ0v) is 19.2. The zero-order chi connectivity index (χ0) is 23.3. The maximum absolute atomic E-state index is 13.2. The largest absolute Gasteiger partial charge is 0.351 e. The molecule has 2 aromatic carbocycles. The van der Waals surface area contributed by atoms with Crippen LogP contribution < -0.4 is 10.2 Å². The summed E-state index contributed by atoms with van der Waals surface area (Å²) >= 11 is 0. The SMILES string of the molecule is Cc1ccc(-c2ncc(C(=O)NCCc3ccccn3)c(N3CCc4ccccc4C3)n2)cc1. The summed E-state index contributed by atoms with van der Waals surface area (Å²) in [7, 11) is 0. The van der Waals surface area contributed by atoms with Gasteiger partial charge in [-0.3, -0.25) is 9.78 Å². The molecule has 0 aliphatic carbocycles. The Hall–Kier alpha value is -4.06. The van der Waals surface area contributed by atoms with Crippen LogP contribution in [-0.4, -0.2) is 33.9 Å². The highest BCUT2D eigenvalue weighted by Crippen LogP contribution is 2.28. The lowest BCUT2D eigenvalue weighted by atomic mass is 9.99. The van der Waals surface area contributed by atoms with Crippen LogP contribution in [0, 0.1) is 6.92 Å². The molecule has 5 rings (SSSR count). The van der Waals surface area contributed by atoms with E-state index in [-0.39, 0.29) is 5.91 Å². The van der Waals surface area contributed by atoms with Crippen LogP contribution in [-0.2, 0) is 19.4 Å². The molecule has 0 atom stereocenters. The lowest BCUT2D eigenvalue weighted by Gasteiger charge is -2.31. The number of amides is 1. The molecule has 1 aliphatic rings. The minimum atomic E-state index is -0.166. The first kappa shape index (κ1) is 21.8. The quantitative estimate of drug-likeness (QED) is 0.473. The van der Waals surface area contributed by atoms with Crippen molar-refractivity contribution in [1.82, 2.24) is 20.3 Å². The minimum absolute atomic E-state index is 0.166. The van der Waals surface area contributed by atoms with E-state index in [0.717, 1.165) is 30.8 Å². The number of benzene rings is 2. The third-order valence-corrected chi connectivity index (χ3v) is 6.15. The average molecular weight is 450 g/mol. The zero-order valence-electron chi connectivity index (χ0n) is 19.2.